The number of rotatable bonds is 5. The zero-order chi connectivity index (χ0) is 17.7. The molecule has 0 bridgehead atoms. The molecule has 6 nitrogen and oxygen atoms in total. The number of methoxy groups -OCH3 is 2. The van der Waals surface area contributed by atoms with E-state index in [1.165, 1.54) is 14.2 Å². The maximum absolute atomic E-state index is 12.3. The van der Waals surface area contributed by atoms with Gasteiger partial charge in [0.2, 0.25) is 0 Å². The SMILES string of the molecule is COc1cccc(C(=O)OCC(=O)N2C[C@H](C)C[C@H](C)C2)c1OC. The standard InChI is InChI=1S/C18H25NO5/c1-12-8-13(2)10-19(9-12)16(20)11-24-18(21)14-6-5-7-15(22-3)17(14)23-4/h5-7,12-13H,8-11H2,1-4H3/t12-,13+. The van der Waals surface area contributed by atoms with Gasteiger partial charge in [-0.2, -0.15) is 0 Å². The number of hydrogen-bond acceptors (Lipinski definition) is 5. The third-order valence-corrected chi connectivity index (χ3v) is 4.17. The summed E-state index contributed by atoms with van der Waals surface area (Å²) in [5, 5.41) is 0. The lowest BCUT2D eigenvalue weighted by molar-refractivity contribution is -0.137. The van der Waals surface area contributed by atoms with Crippen LogP contribution < -0.4 is 9.47 Å². The van der Waals surface area contributed by atoms with E-state index in [2.05, 4.69) is 13.8 Å². The minimum atomic E-state index is -0.600. The number of piperidine rings is 1. The predicted molar refractivity (Wildman–Crippen MR) is 89.4 cm³/mol. The van der Waals surface area contributed by atoms with Crippen molar-refractivity contribution in [2.24, 2.45) is 11.8 Å². The van der Waals surface area contributed by atoms with E-state index in [4.69, 9.17) is 14.2 Å². The number of ether oxygens (including phenoxy) is 3. The molecule has 1 amide bonds. The Morgan fingerprint density at radius 1 is 1.12 bits per heavy atom. The van der Waals surface area contributed by atoms with Crippen molar-refractivity contribution in [3.63, 3.8) is 0 Å². The van der Waals surface area contributed by atoms with Gasteiger partial charge >= 0.3 is 5.97 Å². The molecule has 1 fully saturated rings. The number of hydrogen-bond donors (Lipinski definition) is 0. The maximum atomic E-state index is 12.3. The van der Waals surface area contributed by atoms with Crippen molar-refractivity contribution in [3.8, 4) is 11.5 Å². The van der Waals surface area contributed by atoms with Crippen LogP contribution in [0.25, 0.3) is 0 Å². The number of amides is 1. The van der Waals surface area contributed by atoms with Gasteiger partial charge in [0.05, 0.1) is 14.2 Å². The van der Waals surface area contributed by atoms with Crippen molar-refractivity contribution < 1.29 is 23.8 Å². The molecule has 1 aliphatic heterocycles. The highest BCUT2D eigenvalue weighted by atomic mass is 16.5. The van der Waals surface area contributed by atoms with E-state index in [0.29, 0.717) is 36.4 Å². The van der Waals surface area contributed by atoms with Crippen molar-refractivity contribution in [1.82, 2.24) is 4.90 Å². The number of nitrogens with zero attached hydrogens (tertiary/aromatic N) is 1. The first-order valence-corrected chi connectivity index (χ1v) is 8.12. The van der Waals surface area contributed by atoms with Gasteiger partial charge < -0.3 is 19.1 Å². The fourth-order valence-corrected chi connectivity index (χ4v) is 3.21. The van der Waals surface area contributed by atoms with E-state index < -0.39 is 5.97 Å². The average Bonchev–Trinajstić information content (AvgIpc) is 2.57. The largest absolute Gasteiger partial charge is 0.493 e. The molecule has 24 heavy (non-hydrogen) atoms. The second-order valence-corrected chi connectivity index (χ2v) is 6.36. The Morgan fingerprint density at radius 3 is 2.38 bits per heavy atom. The van der Waals surface area contributed by atoms with Crippen molar-refractivity contribution in [1.29, 1.82) is 0 Å². The summed E-state index contributed by atoms with van der Waals surface area (Å²) >= 11 is 0. The van der Waals surface area contributed by atoms with E-state index in [9.17, 15) is 9.59 Å². The topological polar surface area (TPSA) is 65.1 Å². The van der Waals surface area contributed by atoms with Crippen molar-refractivity contribution in [3.05, 3.63) is 23.8 Å². The molecule has 0 radical (unpaired) electrons. The van der Waals surface area contributed by atoms with Crippen LogP contribution in [0.1, 0.15) is 30.6 Å². The van der Waals surface area contributed by atoms with Gasteiger partial charge in [0.15, 0.2) is 18.1 Å². The van der Waals surface area contributed by atoms with Crippen LogP contribution in [0.3, 0.4) is 0 Å². The van der Waals surface area contributed by atoms with Crippen molar-refractivity contribution >= 4 is 11.9 Å². The van der Waals surface area contributed by atoms with Gasteiger partial charge in [0.25, 0.3) is 5.91 Å². The van der Waals surface area contributed by atoms with Crippen LogP contribution in [0.4, 0.5) is 0 Å². The van der Waals surface area contributed by atoms with Crippen molar-refractivity contribution in [2.75, 3.05) is 33.9 Å². The first-order chi connectivity index (χ1) is 11.5. The molecule has 1 saturated heterocycles. The second kappa shape index (κ2) is 8.04. The summed E-state index contributed by atoms with van der Waals surface area (Å²) < 4.78 is 15.6. The van der Waals surface area contributed by atoms with E-state index in [1.54, 1.807) is 23.1 Å². The van der Waals surface area contributed by atoms with Crippen LogP contribution >= 0.6 is 0 Å². The average molecular weight is 335 g/mol. The molecule has 1 heterocycles. The van der Waals surface area contributed by atoms with Gasteiger partial charge in [-0.25, -0.2) is 4.79 Å². The fraction of sp³-hybridized carbons (Fsp3) is 0.556. The molecule has 0 unspecified atom stereocenters. The lowest BCUT2D eigenvalue weighted by Gasteiger charge is -2.34. The van der Waals surface area contributed by atoms with Gasteiger partial charge in [-0.3, -0.25) is 4.79 Å². The summed E-state index contributed by atoms with van der Waals surface area (Å²) in [5.41, 5.74) is 0.241. The molecule has 2 atom stereocenters. The molecule has 1 aromatic rings. The molecular formula is C18H25NO5. The Labute approximate surface area is 142 Å². The Bertz CT molecular complexity index is 591. The Hall–Kier alpha value is -2.24. The summed E-state index contributed by atoms with van der Waals surface area (Å²) in [6.45, 7) is 5.41. The highest BCUT2D eigenvalue weighted by Gasteiger charge is 2.26. The van der Waals surface area contributed by atoms with E-state index in [-0.39, 0.29) is 18.1 Å². The Morgan fingerprint density at radius 2 is 1.79 bits per heavy atom. The lowest BCUT2D eigenvalue weighted by Crippen LogP contribution is -2.44. The molecule has 6 heteroatoms. The lowest BCUT2D eigenvalue weighted by atomic mass is 9.92. The monoisotopic (exact) mass is 335 g/mol. The molecule has 0 aliphatic carbocycles. The molecular weight excluding hydrogens is 310 g/mol. The number of carbonyl (C=O) groups is 2. The predicted octanol–water partition coefficient (Wildman–Crippen LogP) is 2.37. The number of benzene rings is 1. The second-order valence-electron chi connectivity index (χ2n) is 6.36. The number of para-hydroxylation sites is 1. The van der Waals surface area contributed by atoms with Gasteiger partial charge in [-0.05, 0) is 30.4 Å². The minimum Gasteiger partial charge on any atom is -0.493 e. The third kappa shape index (κ3) is 4.19. The van der Waals surface area contributed by atoms with Crippen LogP contribution in [-0.2, 0) is 9.53 Å². The maximum Gasteiger partial charge on any atom is 0.342 e. The van der Waals surface area contributed by atoms with Crippen LogP contribution in [-0.4, -0.2) is 50.7 Å². The Kier molecular flexibility index (Phi) is 6.06. The van der Waals surface area contributed by atoms with E-state index in [0.717, 1.165) is 6.42 Å². The molecule has 2 rings (SSSR count). The normalized spacial score (nSPS) is 20.4. The Balaban J connectivity index is 1.99. The summed E-state index contributed by atoms with van der Waals surface area (Å²) in [4.78, 5) is 26.3. The molecule has 0 N–H and O–H groups in total. The molecule has 1 aromatic carbocycles. The van der Waals surface area contributed by atoms with Crippen LogP contribution in [0, 0.1) is 11.8 Å². The van der Waals surface area contributed by atoms with E-state index in [1.807, 2.05) is 0 Å². The van der Waals surface area contributed by atoms with Gasteiger partial charge in [0.1, 0.15) is 5.56 Å². The summed E-state index contributed by atoms with van der Waals surface area (Å²) in [7, 11) is 2.95. The van der Waals surface area contributed by atoms with Crippen LogP contribution in [0.2, 0.25) is 0 Å². The highest BCUT2D eigenvalue weighted by Crippen LogP contribution is 2.31. The van der Waals surface area contributed by atoms with Gasteiger partial charge in [0, 0.05) is 13.1 Å². The zero-order valence-corrected chi connectivity index (χ0v) is 14.7. The zero-order valence-electron chi connectivity index (χ0n) is 14.7. The van der Waals surface area contributed by atoms with E-state index >= 15 is 0 Å². The molecule has 132 valence electrons. The first-order valence-electron chi connectivity index (χ1n) is 8.12. The number of likely N-dealkylation sites (tertiary alicyclic amines) is 1. The van der Waals surface area contributed by atoms with Gasteiger partial charge in [-0.15, -0.1) is 0 Å². The highest BCUT2D eigenvalue weighted by molar-refractivity contribution is 5.95. The minimum absolute atomic E-state index is 0.163. The number of carbonyl (C=O) groups excluding carboxylic acids is 2. The van der Waals surface area contributed by atoms with Crippen LogP contribution in [0.15, 0.2) is 18.2 Å². The molecule has 1 aliphatic rings. The smallest absolute Gasteiger partial charge is 0.342 e. The molecule has 0 aromatic heterocycles. The fourth-order valence-electron chi connectivity index (χ4n) is 3.21. The quantitative estimate of drug-likeness (QED) is 0.773. The van der Waals surface area contributed by atoms with Crippen LogP contribution in [0.5, 0.6) is 11.5 Å². The van der Waals surface area contributed by atoms with Crippen molar-refractivity contribution in [2.45, 2.75) is 20.3 Å². The first kappa shape index (κ1) is 18.1. The molecule has 0 saturated carbocycles. The third-order valence-electron chi connectivity index (χ3n) is 4.17. The summed E-state index contributed by atoms with van der Waals surface area (Å²) in [6.07, 6.45) is 1.12. The summed E-state index contributed by atoms with van der Waals surface area (Å²) in [5.74, 6) is 0.911. The van der Waals surface area contributed by atoms with Gasteiger partial charge in [-0.1, -0.05) is 19.9 Å². The summed E-state index contributed by atoms with van der Waals surface area (Å²) in [6, 6.07) is 4.95. The number of esters is 1. The molecule has 0 spiro atoms.